The summed E-state index contributed by atoms with van der Waals surface area (Å²) in [6.45, 7) is 3.57. The van der Waals surface area contributed by atoms with Crippen LogP contribution in [0.5, 0.6) is 0 Å². The molecule has 1 aromatic rings. The molecule has 0 aliphatic carbocycles. The van der Waals surface area contributed by atoms with E-state index in [0.717, 1.165) is 18.0 Å². The highest BCUT2D eigenvalue weighted by atomic mass is 32.2. The Labute approximate surface area is 152 Å². The van der Waals surface area contributed by atoms with Gasteiger partial charge in [-0.05, 0) is 18.4 Å². The molecule has 6 nitrogen and oxygen atoms in total. The Morgan fingerprint density at radius 3 is 3.00 bits per heavy atom. The minimum atomic E-state index is -0.263. The Morgan fingerprint density at radius 2 is 2.20 bits per heavy atom. The van der Waals surface area contributed by atoms with Gasteiger partial charge in [-0.25, -0.2) is 0 Å². The van der Waals surface area contributed by atoms with Crippen molar-refractivity contribution >= 4 is 22.9 Å². The standard InChI is InChI=1S/C18H24N2O4S/c1-13(21)23-12-15-7-8-16-17(24-15)25-18(20-16)19-9-10-22-11-14-5-3-2-4-6-14/h2-6,15-17H,7-12H2,1H3,(H,19,20)/t15-,16-,17-/m1/s1. The second-order valence-corrected chi connectivity index (χ2v) is 7.19. The van der Waals surface area contributed by atoms with E-state index < -0.39 is 0 Å². The molecule has 0 aromatic heterocycles. The Kier molecular flexibility index (Phi) is 6.72. The minimum absolute atomic E-state index is 0.0204. The third-order valence-electron chi connectivity index (χ3n) is 4.07. The lowest BCUT2D eigenvalue weighted by molar-refractivity contribution is -0.147. The van der Waals surface area contributed by atoms with Crippen molar-refractivity contribution in [2.24, 2.45) is 4.99 Å². The zero-order valence-electron chi connectivity index (χ0n) is 14.3. The summed E-state index contributed by atoms with van der Waals surface area (Å²) in [5.41, 5.74) is 1.21. The van der Waals surface area contributed by atoms with E-state index in [4.69, 9.17) is 14.2 Å². The van der Waals surface area contributed by atoms with Gasteiger partial charge in [0.2, 0.25) is 0 Å². The molecule has 0 radical (unpaired) electrons. The van der Waals surface area contributed by atoms with E-state index >= 15 is 0 Å². The molecule has 25 heavy (non-hydrogen) atoms. The average molecular weight is 364 g/mol. The zero-order chi connectivity index (χ0) is 17.5. The van der Waals surface area contributed by atoms with Gasteiger partial charge in [0.15, 0.2) is 5.17 Å². The van der Waals surface area contributed by atoms with Crippen LogP contribution in [0.4, 0.5) is 0 Å². The Morgan fingerprint density at radius 1 is 1.36 bits per heavy atom. The smallest absolute Gasteiger partial charge is 0.302 e. The van der Waals surface area contributed by atoms with Crippen LogP contribution in [0.25, 0.3) is 0 Å². The van der Waals surface area contributed by atoms with E-state index in [-0.39, 0.29) is 23.6 Å². The van der Waals surface area contributed by atoms with Crippen molar-refractivity contribution in [2.75, 3.05) is 19.8 Å². The van der Waals surface area contributed by atoms with Crippen LogP contribution in [0.15, 0.2) is 35.3 Å². The number of fused-ring (bicyclic) bond motifs is 1. The van der Waals surface area contributed by atoms with Crippen molar-refractivity contribution in [3.63, 3.8) is 0 Å². The van der Waals surface area contributed by atoms with Crippen LogP contribution in [-0.4, -0.2) is 48.5 Å². The number of esters is 1. The van der Waals surface area contributed by atoms with Crippen LogP contribution < -0.4 is 5.32 Å². The molecule has 2 heterocycles. The SMILES string of the molecule is CC(=O)OC[C@H]1CC[C@H]2NC(=NCCOCc3ccccc3)S[C@H]2O1. The summed E-state index contributed by atoms with van der Waals surface area (Å²) in [6.07, 6.45) is 1.86. The van der Waals surface area contributed by atoms with Crippen molar-refractivity contribution in [3.8, 4) is 0 Å². The van der Waals surface area contributed by atoms with Gasteiger partial charge in [0, 0.05) is 6.92 Å². The number of benzene rings is 1. The zero-order valence-corrected chi connectivity index (χ0v) is 15.2. The summed E-state index contributed by atoms with van der Waals surface area (Å²) < 4.78 is 16.7. The Hall–Kier alpha value is -1.57. The normalized spacial score (nSPS) is 26.9. The van der Waals surface area contributed by atoms with E-state index in [1.54, 1.807) is 11.8 Å². The van der Waals surface area contributed by atoms with Crippen molar-refractivity contribution in [1.82, 2.24) is 5.32 Å². The lowest BCUT2D eigenvalue weighted by Crippen LogP contribution is -2.41. The molecule has 2 aliphatic heterocycles. The van der Waals surface area contributed by atoms with Gasteiger partial charge in [0.25, 0.3) is 0 Å². The van der Waals surface area contributed by atoms with E-state index in [1.807, 2.05) is 18.2 Å². The molecular weight excluding hydrogens is 340 g/mol. The monoisotopic (exact) mass is 364 g/mol. The molecular formula is C18H24N2O4S. The number of carbonyl (C=O) groups is 1. The number of nitrogens with zero attached hydrogens (tertiary/aromatic N) is 1. The summed E-state index contributed by atoms with van der Waals surface area (Å²) in [4.78, 5) is 15.5. The maximum Gasteiger partial charge on any atom is 0.302 e. The number of hydrogen-bond acceptors (Lipinski definition) is 6. The quantitative estimate of drug-likeness (QED) is 0.592. The van der Waals surface area contributed by atoms with Crippen molar-refractivity contribution in [3.05, 3.63) is 35.9 Å². The topological polar surface area (TPSA) is 69.2 Å². The first-order valence-electron chi connectivity index (χ1n) is 8.59. The van der Waals surface area contributed by atoms with Crippen LogP contribution in [0.1, 0.15) is 25.3 Å². The largest absolute Gasteiger partial charge is 0.463 e. The van der Waals surface area contributed by atoms with Crippen LogP contribution >= 0.6 is 11.8 Å². The van der Waals surface area contributed by atoms with E-state index in [9.17, 15) is 4.79 Å². The maximum absolute atomic E-state index is 10.9. The fraction of sp³-hybridized carbons (Fsp3) is 0.556. The lowest BCUT2D eigenvalue weighted by atomic mass is 10.1. The fourth-order valence-corrected chi connectivity index (χ4v) is 3.99. The van der Waals surface area contributed by atoms with Crippen LogP contribution in [0.2, 0.25) is 0 Å². The molecule has 1 aromatic carbocycles. The number of carbonyl (C=O) groups excluding carboxylic acids is 1. The first-order valence-corrected chi connectivity index (χ1v) is 9.47. The van der Waals surface area contributed by atoms with Gasteiger partial charge in [0.05, 0.1) is 31.9 Å². The molecule has 3 atom stereocenters. The molecule has 0 saturated carbocycles. The summed E-state index contributed by atoms with van der Waals surface area (Å²) in [7, 11) is 0. The Bertz CT molecular complexity index is 596. The summed E-state index contributed by atoms with van der Waals surface area (Å²) >= 11 is 1.61. The van der Waals surface area contributed by atoms with Gasteiger partial charge in [-0.1, -0.05) is 42.1 Å². The molecule has 1 N–H and O–H groups in total. The average Bonchev–Trinajstić information content (AvgIpc) is 3.02. The number of thioether (sulfide) groups is 1. The van der Waals surface area contributed by atoms with Gasteiger partial charge in [-0.15, -0.1) is 0 Å². The third-order valence-corrected chi connectivity index (χ3v) is 5.21. The van der Waals surface area contributed by atoms with Crippen LogP contribution in [-0.2, 0) is 25.6 Å². The van der Waals surface area contributed by atoms with E-state index in [2.05, 4.69) is 22.4 Å². The minimum Gasteiger partial charge on any atom is -0.463 e. The number of ether oxygens (including phenoxy) is 3. The van der Waals surface area contributed by atoms with E-state index in [1.165, 1.54) is 12.5 Å². The highest BCUT2D eigenvalue weighted by Gasteiger charge is 2.38. The highest BCUT2D eigenvalue weighted by Crippen LogP contribution is 2.33. The third kappa shape index (κ3) is 5.73. The second kappa shape index (κ2) is 9.22. The predicted octanol–water partition coefficient (Wildman–Crippen LogP) is 2.33. The maximum atomic E-state index is 10.9. The second-order valence-electron chi connectivity index (χ2n) is 6.10. The summed E-state index contributed by atoms with van der Waals surface area (Å²) in [6, 6.07) is 10.4. The summed E-state index contributed by atoms with van der Waals surface area (Å²) in [5.74, 6) is -0.263. The fourth-order valence-electron chi connectivity index (χ4n) is 2.80. The molecule has 7 heteroatoms. The number of rotatable bonds is 7. The molecule has 3 rings (SSSR count). The van der Waals surface area contributed by atoms with Gasteiger partial charge in [-0.3, -0.25) is 9.79 Å². The number of hydrogen-bond donors (Lipinski definition) is 1. The van der Waals surface area contributed by atoms with Crippen LogP contribution in [0.3, 0.4) is 0 Å². The van der Waals surface area contributed by atoms with Crippen molar-refractivity contribution < 1.29 is 19.0 Å². The highest BCUT2D eigenvalue weighted by molar-refractivity contribution is 8.14. The van der Waals surface area contributed by atoms with Crippen LogP contribution in [0, 0.1) is 0 Å². The van der Waals surface area contributed by atoms with Gasteiger partial charge >= 0.3 is 5.97 Å². The van der Waals surface area contributed by atoms with E-state index in [0.29, 0.717) is 26.4 Å². The predicted molar refractivity (Wildman–Crippen MR) is 97.4 cm³/mol. The van der Waals surface area contributed by atoms with Gasteiger partial charge in [-0.2, -0.15) is 0 Å². The first kappa shape index (κ1) is 18.2. The molecule has 0 spiro atoms. The number of aliphatic imine (C=N–C) groups is 1. The number of amidine groups is 1. The first-order chi connectivity index (χ1) is 12.2. The van der Waals surface area contributed by atoms with Gasteiger partial charge < -0.3 is 19.5 Å². The molecule has 0 bridgehead atoms. The van der Waals surface area contributed by atoms with Crippen molar-refractivity contribution in [2.45, 2.75) is 44.0 Å². The van der Waals surface area contributed by atoms with Crippen molar-refractivity contribution in [1.29, 1.82) is 0 Å². The summed E-state index contributed by atoms with van der Waals surface area (Å²) in [5, 5.41) is 4.32. The van der Waals surface area contributed by atoms with Gasteiger partial charge in [0.1, 0.15) is 12.0 Å². The Balaban J connectivity index is 1.36. The molecule has 2 aliphatic rings. The molecule has 136 valence electrons. The number of nitrogens with one attached hydrogen (secondary N) is 1. The molecule has 2 fully saturated rings. The molecule has 0 unspecified atom stereocenters. The molecule has 0 amide bonds. The molecule has 2 saturated heterocycles. The lowest BCUT2D eigenvalue weighted by Gasteiger charge is -2.30.